The summed E-state index contributed by atoms with van der Waals surface area (Å²) in [4.78, 5) is 25.9. The van der Waals surface area contributed by atoms with E-state index in [-0.39, 0.29) is 11.8 Å². The number of benzene rings is 1. The molecule has 126 valence electrons. The van der Waals surface area contributed by atoms with E-state index >= 15 is 0 Å². The Labute approximate surface area is 137 Å². The highest BCUT2D eigenvalue weighted by molar-refractivity contribution is 5.87. The molecule has 1 aromatic rings. The highest BCUT2D eigenvalue weighted by Gasteiger charge is 2.31. The van der Waals surface area contributed by atoms with E-state index in [1.165, 1.54) is 6.92 Å². The van der Waals surface area contributed by atoms with Gasteiger partial charge in [0.05, 0.1) is 12.7 Å². The first-order valence-corrected chi connectivity index (χ1v) is 8.00. The van der Waals surface area contributed by atoms with E-state index in [9.17, 15) is 9.59 Å². The van der Waals surface area contributed by atoms with Crippen LogP contribution in [0.2, 0.25) is 0 Å². The Morgan fingerprint density at radius 2 is 1.91 bits per heavy atom. The Bertz CT molecular complexity index is 515. The molecule has 2 rings (SSSR count). The standard InChI is InChI=1S/C17H25N3O3/c1-13(23-12-15-6-4-3-5-7-15)16(19-14(2)21)17(22)20-10-8-18-9-11-20/h3-7,13,16,18H,8-12H2,1-2H3,(H,19,21). The maximum absolute atomic E-state index is 12.7. The summed E-state index contributed by atoms with van der Waals surface area (Å²) in [5.41, 5.74) is 1.04. The molecule has 0 saturated carbocycles. The van der Waals surface area contributed by atoms with Crippen molar-refractivity contribution in [3.05, 3.63) is 35.9 Å². The smallest absolute Gasteiger partial charge is 0.247 e. The summed E-state index contributed by atoms with van der Waals surface area (Å²) in [6.45, 7) is 6.51. The van der Waals surface area contributed by atoms with Crippen molar-refractivity contribution in [2.24, 2.45) is 0 Å². The molecule has 0 radical (unpaired) electrons. The minimum Gasteiger partial charge on any atom is -0.371 e. The molecule has 23 heavy (non-hydrogen) atoms. The number of hydrogen-bond donors (Lipinski definition) is 2. The highest BCUT2D eigenvalue weighted by atomic mass is 16.5. The normalized spacial score (nSPS) is 17.4. The molecular weight excluding hydrogens is 294 g/mol. The van der Waals surface area contributed by atoms with E-state index in [1.54, 1.807) is 4.90 Å². The number of carbonyl (C=O) groups is 2. The van der Waals surface area contributed by atoms with Gasteiger partial charge in [-0.25, -0.2) is 0 Å². The number of ether oxygens (including phenoxy) is 1. The summed E-state index contributed by atoms with van der Waals surface area (Å²) in [7, 11) is 0. The largest absolute Gasteiger partial charge is 0.371 e. The monoisotopic (exact) mass is 319 g/mol. The van der Waals surface area contributed by atoms with Crippen molar-refractivity contribution >= 4 is 11.8 Å². The zero-order valence-electron chi connectivity index (χ0n) is 13.7. The fraction of sp³-hybridized carbons (Fsp3) is 0.529. The molecule has 1 saturated heterocycles. The van der Waals surface area contributed by atoms with E-state index in [0.29, 0.717) is 19.7 Å². The third kappa shape index (κ3) is 5.33. The van der Waals surface area contributed by atoms with Crippen molar-refractivity contribution < 1.29 is 14.3 Å². The summed E-state index contributed by atoms with van der Waals surface area (Å²) in [6.07, 6.45) is -0.401. The van der Waals surface area contributed by atoms with E-state index < -0.39 is 12.1 Å². The van der Waals surface area contributed by atoms with Crippen LogP contribution in [-0.4, -0.2) is 55.0 Å². The number of hydrogen-bond acceptors (Lipinski definition) is 4. The Kier molecular flexibility index (Phi) is 6.55. The topological polar surface area (TPSA) is 70.7 Å². The predicted octanol–water partition coefficient (Wildman–Crippen LogP) is 0.528. The highest BCUT2D eigenvalue weighted by Crippen LogP contribution is 2.09. The van der Waals surface area contributed by atoms with Crippen LogP contribution in [0.15, 0.2) is 30.3 Å². The van der Waals surface area contributed by atoms with Crippen molar-refractivity contribution in [1.82, 2.24) is 15.5 Å². The van der Waals surface area contributed by atoms with E-state index in [2.05, 4.69) is 10.6 Å². The third-order valence-corrected chi connectivity index (χ3v) is 3.88. The lowest BCUT2D eigenvalue weighted by Crippen LogP contribution is -2.57. The van der Waals surface area contributed by atoms with E-state index in [1.807, 2.05) is 37.3 Å². The summed E-state index contributed by atoms with van der Waals surface area (Å²) in [5, 5.41) is 5.95. The van der Waals surface area contributed by atoms with Gasteiger partial charge in [0.2, 0.25) is 11.8 Å². The molecule has 2 amide bonds. The average molecular weight is 319 g/mol. The van der Waals surface area contributed by atoms with Crippen LogP contribution in [0.25, 0.3) is 0 Å². The first-order valence-electron chi connectivity index (χ1n) is 8.00. The first-order chi connectivity index (χ1) is 11.1. The molecule has 1 aromatic carbocycles. The van der Waals surface area contributed by atoms with Gasteiger partial charge in [-0.1, -0.05) is 30.3 Å². The van der Waals surface area contributed by atoms with Gasteiger partial charge in [0.25, 0.3) is 0 Å². The summed E-state index contributed by atoms with van der Waals surface area (Å²) < 4.78 is 5.83. The second-order valence-corrected chi connectivity index (χ2v) is 5.76. The third-order valence-electron chi connectivity index (χ3n) is 3.88. The van der Waals surface area contributed by atoms with E-state index in [4.69, 9.17) is 4.74 Å². The van der Waals surface area contributed by atoms with Gasteiger partial charge in [0, 0.05) is 33.1 Å². The van der Waals surface area contributed by atoms with Crippen LogP contribution in [0, 0.1) is 0 Å². The lowest BCUT2D eigenvalue weighted by atomic mass is 10.1. The maximum Gasteiger partial charge on any atom is 0.247 e. The van der Waals surface area contributed by atoms with Crippen LogP contribution in [0.4, 0.5) is 0 Å². The summed E-state index contributed by atoms with van der Waals surface area (Å²) >= 11 is 0. The van der Waals surface area contributed by atoms with Gasteiger partial charge in [-0.2, -0.15) is 0 Å². The van der Waals surface area contributed by atoms with Crippen molar-refractivity contribution in [2.45, 2.75) is 32.6 Å². The zero-order chi connectivity index (χ0) is 16.7. The van der Waals surface area contributed by atoms with Crippen molar-refractivity contribution in [3.63, 3.8) is 0 Å². The SMILES string of the molecule is CC(=O)NC(C(=O)N1CCNCC1)C(C)OCc1ccccc1. The minimum atomic E-state index is -0.658. The molecule has 1 aliphatic rings. The van der Waals surface area contributed by atoms with Gasteiger partial charge in [-0.05, 0) is 12.5 Å². The molecular formula is C17H25N3O3. The van der Waals surface area contributed by atoms with Crippen molar-refractivity contribution in [3.8, 4) is 0 Å². The Hall–Kier alpha value is -1.92. The van der Waals surface area contributed by atoms with E-state index in [0.717, 1.165) is 18.7 Å². The van der Waals surface area contributed by atoms with Crippen molar-refractivity contribution in [2.75, 3.05) is 26.2 Å². The Balaban J connectivity index is 1.98. The second-order valence-electron chi connectivity index (χ2n) is 5.76. The molecule has 1 aliphatic heterocycles. The van der Waals surface area contributed by atoms with Crippen LogP contribution in [0.3, 0.4) is 0 Å². The average Bonchev–Trinajstić information content (AvgIpc) is 2.58. The number of nitrogens with zero attached hydrogens (tertiary/aromatic N) is 1. The Morgan fingerprint density at radius 3 is 2.52 bits per heavy atom. The fourth-order valence-electron chi connectivity index (χ4n) is 2.58. The maximum atomic E-state index is 12.7. The van der Waals surface area contributed by atoms with Gasteiger partial charge in [-0.15, -0.1) is 0 Å². The summed E-state index contributed by atoms with van der Waals surface area (Å²) in [6, 6.07) is 9.12. The first kappa shape index (κ1) is 17.4. The number of piperazine rings is 1. The van der Waals surface area contributed by atoms with Gasteiger partial charge >= 0.3 is 0 Å². The van der Waals surface area contributed by atoms with Crippen LogP contribution in [-0.2, 0) is 20.9 Å². The molecule has 6 heteroatoms. The quantitative estimate of drug-likeness (QED) is 0.802. The van der Waals surface area contributed by atoms with Gasteiger partial charge in [0.1, 0.15) is 6.04 Å². The number of amides is 2. The number of nitrogens with one attached hydrogen (secondary N) is 2. The molecule has 0 aliphatic carbocycles. The zero-order valence-corrected chi connectivity index (χ0v) is 13.7. The molecule has 0 spiro atoms. The lowest BCUT2D eigenvalue weighted by molar-refractivity contribution is -0.141. The predicted molar refractivity (Wildman–Crippen MR) is 87.7 cm³/mol. The molecule has 6 nitrogen and oxygen atoms in total. The molecule has 1 fully saturated rings. The van der Waals surface area contributed by atoms with Crippen LogP contribution < -0.4 is 10.6 Å². The molecule has 1 heterocycles. The summed E-state index contributed by atoms with van der Waals surface area (Å²) in [5.74, 6) is -0.309. The number of carbonyl (C=O) groups excluding carboxylic acids is 2. The van der Waals surface area contributed by atoms with Gasteiger partial charge in [-0.3, -0.25) is 9.59 Å². The molecule has 0 bridgehead atoms. The van der Waals surface area contributed by atoms with Crippen molar-refractivity contribution in [1.29, 1.82) is 0 Å². The van der Waals surface area contributed by atoms with Crippen LogP contribution >= 0.6 is 0 Å². The number of rotatable bonds is 6. The molecule has 0 aromatic heterocycles. The molecule has 2 atom stereocenters. The van der Waals surface area contributed by atoms with Gasteiger partial charge < -0.3 is 20.3 Å². The molecule has 2 N–H and O–H groups in total. The Morgan fingerprint density at radius 1 is 1.26 bits per heavy atom. The fourth-order valence-corrected chi connectivity index (χ4v) is 2.58. The second kappa shape index (κ2) is 8.64. The lowest BCUT2D eigenvalue weighted by Gasteiger charge is -2.33. The minimum absolute atomic E-state index is 0.0812. The molecule has 2 unspecified atom stereocenters. The van der Waals surface area contributed by atoms with Crippen LogP contribution in [0.5, 0.6) is 0 Å². The van der Waals surface area contributed by atoms with Crippen LogP contribution in [0.1, 0.15) is 19.4 Å². The van der Waals surface area contributed by atoms with Gasteiger partial charge in [0.15, 0.2) is 0 Å².